The summed E-state index contributed by atoms with van der Waals surface area (Å²) in [6.45, 7) is 2.80. The van der Waals surface area contributed by atoms with E-state index in [1.165, 1.54) is 32.2 Å². The Bertz CT molecular complexity index is 827. The summed E-state index contributed by atoms with van der Waals surface area (Å²) in [7, 11) is 0. The molecule has 0 fully saturated rings. The Morgan fingerprint density at radius 2 is 1.84 bits per heavy atom. The fraction of sp³-hybridized carbons (Fsp3) is 0.250. The van der Waals surface area contributed by atoms with Crippen LogP contribution in [0.2, 0.25) is 0 Å². The van der Waals surface area contributed by atoms with Crippen molar-refractivity contribution < 1.29 is 9.69 Å². The van der Waals surface area contributed by atoms with Gasteiger partial charge in [-0.05, 0) is 28.5 Å². The number of hydrogen-bond acceptors (Lipinski definition) is 3. The quantitative estimate of drug-likeness (QED) is 0.712. The summed E-state index contributed by atoms with van der Waals surface area (Å²) in [5.41, 5.74) is 2.91. The van der Waals surface area contributed by atoms with Gasteiger partial charge in [-0.3, -0.25) is 4.79 Å². The lowest BCUT2D eigenvalue weighted by Gasteiger charge is -2.32. The minimum atomic E-state index is 0.0355. The minimum absolute atomic E-state index is 0.0355. The van der Waals surface area contributed by atoms with Gasteiger partial charge in [-0.1, -0.05) is 36.4 Å². The number of rotatable bonds is 5. The predicted molar refractivity (Wildman–Crippen MR) is 103 cm³/mol. The van der Waals surface area contributed by atoms with Crippen molar-refractivity contribution in [3.8, 4) is 0 Å². The number of carbonyl (C=O) groups excluding carboxylic acids is 1. The number of thiophene rings is 2. The van der Waals surface area contributed by atoms with Crippen LogP contribution in [0.1, 0.15) is 31.7 Å². The first kappa shape index (κ1) is 16.5. The molecule has 2 atom stereocenters. The maximum absolute atomic E-state index is 12.4. The van der Waals surface area contributed by atoms with Crippen LogP contribution in [-0.2, 0) is 13.0 Å². The molecule has 1 aliphatic heterocycles. The Morgan fingerprint density at radius 1 is 1.04 bits per heavy atom. The molecule has 0 saturated heterocycles. The highest BCUT2D eigenvalue weighted by Gasteiger charge is 2.29. The van der Waals surface area contributed by atoms with Gasteiger partial charge in [0.2, 0.25) is 0 Å². The van der Waals surface area contributed by atoms with Crippen molar-refractivity contribution >= 4 is 28.6 Å². The molecule has 3 nitrogen and oxygen atoms in total. The molecule has 0 spiro atoms. The fourth-order valence-electron chi connectivity index (χ4n) is 3.52. The summed E-state index contributed by atoms with van der Waals surface area (Å²) in [4.78, 5) is 16.0. The highest BCUT2D eigenvalue weighted by molar-refractivity contribution is 7.12. The average Bonchev–Trinajstić information content (AvgIpc) is 3.35. The number of amides is 1. The van der Waals surface area contributed by atoms with Crippen LogP contribution in [0, 0.1) is 0 Å². The van der Waals surface area contributed by atoms with Crippen molar-refractivity contribution in [3.05, 3.63) is 80.2 Å². The van der Waals surface area contributed by atoms with Crippen molar-refractivity contribution in [3.63, 3.8) is 0 Å². The van der Waals surface area contributed by atoms with Gasteiger partial charge in [-0.25, -0.2) is 0 Å². The highest BCUT2D eigenvalue weighted by Crippen LogP contribution is 2.19. The van der Waals surface area contributed by atoms with Crippen LogP contribution in [0.5, 0.6) is 0 Å². The van der Waals surface area contributed by atoms with Gasteiger partial charge >= 0.3 is 0 Å². The van der Waals surface area contributed by atoms with Crippen LogP contribution in [0.4, 0.5) is 0 Å². The molecule has 3 heterocycles. The second-order valence-electron chi connectivity index (χ2n) is 6.36. The van der Waals surface area contributed by atoms with Crippen LogP contribution in [-0.4, -0.2) is 19.0 Å². The summed E-state index contributed by atoms with van der Waals surface area (Å²) >= 11 is 3.28. The topological polar surface area (TPSA) is 33.5 Å². The third-order valence-corrected chi connectivity index (χ3v) is 6.70. The maximum Gasteiger partial charge on any atom is 0.261 e. The van der Waals surface area contributed by atoms with Gasteiger partial charge < -0.3 is 10.2 Å². The number of quaternary nitrogens is 1. The van der Waals surface area contributed by atoms with Crippen molar-refractivity contribution in [2.24, 2.45) is 0 Å². The second-order valence-corrected chi connectivity index (χ2v) is 8.29. The van der Waals surface area contributed by atoms with Crippen LogP contribution < -0.4 is 10.2 Å². The normalized spacial score (nSPS) is 17.7. The first-order valence-electron chi connectivity index (χ1n) is 8.58. The van der Waals surface area contributed by atoms with Gasteiger partial charge in [0, 0.05) is 12.0 Å². The number of hydrogen-bond donors (Lipinski definition) is 2. The first-order valence-corrected chi connectivity index (χ1v) is 10.3. The zero-order valence-corrected chi connectivity index (χ0v) is 15.5. The van der Waals surface area contributed by atoms with E-state index in [0.717, 1.165) is 24.4 Å². The molecule has 3 aromatic rings. The van der Waals surface area contributed by atoms with Gasteiger partial charge in [0.15, 0.2) is 0 Å². The van der Waals surface area contributed by atoms with Gasteiger partial charge in [0.05, 0.1) is 22.8 Å². The highest BCUT2D eigenvalue weighted by atomic mass is 32.1. The lowest BCUT2D eigenvalue weighted by atomic mass is 9.98. The van der Waals surface area contributed by atoms with Gasteiger partial charge in [0.1, 0.15) is 12.6 Å². The van der Waals surface area contributed by atoms with Crippen LogP contribution >= 0.6 is 22.7 Å². The summed E-state index contributed by atoms with van der Waals surface area (Å²) in [6, 6.07) is 17.1. The third-order valence-electron chi connectivity index (χ3n) is 4.84. The maximum atomic E-state index is 12.4. The molecular formula is C20H21N2OS2+. The monoisotopic (exact) mass is 369 g/mol. The Hall–Kier alpha value is -1.95. The molecule has 2 aromatic heterocycles. The van der Waals surface area contributed by atoms with E-state index in [0.29, 0.717) is 12.6 Å². The van der Waals surface area contributed by atoms with E-state index in [1.54, 1.807) is 11.3 Å². The van der Waals surface area contributed by atoms with E-state index in [9.17, 15) is 4.79 Å². The lowest BCUT2D eigenvalue weighted by molar-refractivity contribution is -0.945. The molecule has 5 heteroatoms. The summed E-state index contributed by atoms with van der Waals surface area (Å²) in [5, 5.41) is 7.22. The molecule has 0 radical (unpaired) electrons. The number of benzene rings is 1. The van der Waals surface area contributed by atoms with E-state index in [-0.39, 0.29) is 5.91 Å². The van der Waals surface area contributed by atoms with Gasteiger partial charge in [-0.15, -0.1) is 22.7 Å². The lowest BCUT2D eigenvalue weighted by Crippen LogP contribution is -3.12. The largest absolute Gasteiger partial charge is 0.345 e. The zero-order valence-electron chi connectivity index (χ0n) is 13.9. The molecule has 1 aliphatic rings. The smallest absolute Gasteiger partial charge is 0.261 e. The predicted octanol–water partition coefficient (Wildman–Crippen LogP) is 2.92. The third kappa shape index (κ3) is 3.68. The van der Waals surface area contributed by atoms with Crippen molar-refractivity contribution in [1.82, 2.24) is 5.32 Å². The zero-order chi connectivity index (χ0) is 17.1. The molecule has 25 heavy (non-hydrogen) atoms. The van der Waals surface area contributed by atoms with Crippen LogP contribution in [0.15, 0.2) is 59.3 Å². The van der Waals surface area contributed by atoms with Crippen molar-refractivity contribution in [2.45, 2.75) is 19.0 Å². The Labute approximate surface area is 155 Å². The first-order chi connectivity index (χ1) is 12.3. The van der Waals surface area contributed by atoms with E-state index < -0.39 is 0 Å². The van der Waals surface area contributed by atoms with E-state index >= 15 is 0 Å². The van der Waals surface area contributed by atoms with E-state index in [2.05, 4.69) is 47.1 Å². The fourth-order valence-corrected chi connectivity index (χ4v) is 5.05. The molecule has 2 N–H and O–H groups in total. The van der Waals surface area contributed by atoms with Crippen molar-refractivity contribution in [1.29, 1.82) is 0 Å². The molecule has 1 unspecified atom stereocenters. The van der Waals surface area contributed by atoms with Gasteiger partial charge in [0.25, 0.3) is 5.91 Å². The average molecular weight is 370 g/mol. The molecule has 128 valence electrons. The summed E-state index contributed by atoms with van der Waals surface area (Å²) < 4.78 is 0. The molecular weight excluding hydrogens is 348 g/mol. The second kappa shape index (κ2) is 7.52. The molecule has 0 aliphatic carbocycles. The van der Waals surface area contributed by atoms with Crippen LogP contribution in [0.3, 0.4) is 0 Å². The molecule has 0 saturated carbocycles. The van der Waals surface area contributed by atoms with Gasteiger partial charge in [-0.2, -0.15) is 0 Å². The molecule has 1 amide bonds. The Morgan fingerprint density at radius 3 is 2.60 bits per heavy atom. The molecule has 1 aromatic carbocycles. The van der Waals surface area contributed by atoms with E-state index in [1.807, 2.05) is 17.5 Å². The van der Waals surface area contributed by atoms with Crippen LogP contribution in [0.25, 0.3) is 0 Å². The molecule has 4 rings (SSSR count). The summed E-state index contributed by atoms with van der Waals surface area (Å²) in [5.74, 6) is 0.0355. The number of carbonyl (C=O) groups is 1. The molecule has 0 bridgehead atoms. The SMILES string of the molecule is O=C(NC[C@H](c1cccs1)[NH+]1CCc2ccccc2C1)c1cccs1. The number of nitrogens with one attached hydrogen (secondary N) is 2. The summed E-state index contributed by atoms with van der Waals surface area (Å²) in [6.07, 6.45) is 1.10. The Kier molecular flexibility index (Phi) is 4.97. The van der Waals surface area contributed by atoms with Crippen molar-refractivity contribution in [2.75, 3.05) is 13.1 Å². The number of fused-ring (bicyclic) bond motifs is 1. The Balaban J connectivity index is 1.50. The standard InChI is InChI=1S/C20H20N2OS2/c23-20(19-8-4-12-25-19)21-13-17(18-7-3-11-24-18)22-10-9-15-5-1-2-6-16(15)14-22/h1-8,11-12,17H,9-10,13-14H2,(H,21,23)/p+1/t17-/m1/s1. The van der Waals surface area contributed by atoms with E-state index in [4.69, 9.17) is 0 Å². The minimum Gasteiger partial charge on any atom is -0.345 e.